The summed E-state index contributed by atoms with van der Waals surface area (Å²) in [6.45, 7) is 3.75. The topological polar surface area (TPSA) is 55.1 Å². The molecule has 1 N–H and O–H groups in total. The van der Waals surface area contributed by atoms with Gasteiger partial charge < -0.3 is 5.11 Å². The van der Waals surface area contributed by atoms with E-state index in [9.17, 15) is 9.90 Å². The molecule has 0 bridgehead atoms. The number of aromatic hydroxyl groups is 1. The number of fused-ring (bicyclic) bond motifs is 1. The van der Waals surface area contributed by atoms with Gasteiger partial charge in [-0.3, -0.25) is 9.36 Å². The number of nitrogens with zero attached hydrogens (tertiary/aromatic N) is 2. The van der Waals surface area contributed by atoms with E-state index in [4.69, 9.17) is 0 Å². The second-order valence-corrected chi connectivity index (χ2v) is 4.84. The summed E-state index contributed by atoms with van der Waals surface area (Å²) in [4.78, 5) is 17.1. The zero-order chi connectivity index (χ0) is 14.3. The van der Waals surface area contributed by atoms with Crippen molar-refractivity contribution in [3.05, 3.63) is 64.2 Å². The van der Waals surface area contributed by atoms with Crippen LogP contribution in [0, 0.1) is 13.8 Å². The third-order valence-electron chi connectivity index (χ3n) is 3.30. The van der Waals surface area contributed by atoms with Crippen LogP contribution in [-0.4, -0.2) is 14.7 Å². The van der Waals surface area contributed by atoms with E-state index in [0.29, 0.717) is 22.4 Å². The number of phenolic OH excluding ortho intramolecular Hbond substituents is 1. The lowest BCUT2D eigenvalue weighted by atomic mass is 10.1. The van der Waals surface area contributed by atoms with Crippen LogP contribution >= 0.6 is 0 Å². The second kappa shape index (κ2) is 4.49. The molecule has 3 rings (SSSR count). The lowest BCUT2D eigenvalue weighted by Crippen LogP contribution is -2.22. The van der Waals surface area contributed by atoms with Gasteiger partial charge in [-0.15, -0.1) is 0 Å². The van der Waals surface area contributed by atoms with Crippen molar-refractivity contribution in [2.45, 2.75) is 13.8 Å². The first kappa shape index (κ1) is 12.4. The van der Waals surface area contributed by atoms with Crippen molar-refractivity contribution in [1.29, 1.82) is 0 Å². The van der Waals surface area contributed by atoms with E-state index in [-0.39, 0.29) is 11.3 Å². The van der Waals surface area contributed by atoms with Gasteiger partial charge in [0.1, 0.15) is 11.6 Å². The fourth-order valence-corrected chi connectivity index (χ4v) is 2.32. The maximum atomic E-state index is 12.6. The molecule has 1 heterocycles. The Bertz CT molecular complexity index is 849. The first-order chi connectivity index (χ1) is 9.56. The molecule has 4 nitrogen and oxygen atoms in total. The summed E-state index contributed by atoms with van der Waals surface area (Å²) in [5, 5.41) is 9.95. The van der Waals surface area contributed by atoms with E-state index >= 15 is 0 Å². The maximum Gasteiger partial charge on any atom is 0.265 e. The van der Waals surface area contributed by atoms with Crippen LogP contribution in [0.2, 0.25) is 0 Å². The predicted molar refractivity (Wildman–Crippen MR) is 78.5 cm³/mol. The molecule has 0 aliphatic heterocycles. The van der Waals surface area contributed by atoms with E-state index in [0.717, 1.165) is 5.56 Å². The number of aromatic nitrogens is 2. The zero-order valence-electron chi connectivity index (χ0n) is 11.3. The largest absolute Gasteiger partial charge is 0.508 e. The lowest BCUT2D eigenvalue weighted by molar-refractivity contribution is 0.475. The van der Waals surface area contributed by atoms with Gasteiger partial charge in [0.2, 0.25) is 0 Å². The highest BCUT2D eigenvalue weighted by molar-refractivity contribution is 5.78. The molecule has 4 heteroatoms. The summed E-state index contributed by atoms with van der Waals surface area (Å²) in [5.74, 6) is 0.793. The molecule has 20 heavy (non-hydrogen) atoms. The molecular formula is C16H14N2O2. The van der Waals surface area contributed by atoms with Crippen LogP contribution in [0.3, 0.4) is 0 Å². The third-order valence-corrected chi connectivity index (χ3v) is 3.30. The average molecular weight is 266 g/mol. The van der Waals surface area contributed by atoms with Crippen molar-refractivity contribution in [2.75, 3.05) is 0 Å². The number of benzene rings is 2. The van der Waals surface area contributed by atoms with Gasteiger partial charge in [0, 0.05) is 0 Å². The standard InChI is InChI=1S/C16H14N2O2/c1-10-3-8-15-14(9-10)16(20)18(11(2)17-15)12-4-6-13(19)7-5-12/h3-9,19H,1-2H3. The molecule has 3 aromatic rings. The highest BCUT2D eigenvalue weighted by Gasteiger charge is 2.09. The van der Waals surface area contributed by atoms with Gasteiger partial charge in [0.15, 0.2) is 0 Å². The fraction of sp³-hybridized carbons (Fsp3) is 0.125. The molecule has 0 atom stereocenters. The number of aryl methyl sites for hydroxylation is 2. The highest BCUT2D eigenvalue weighted by Crippen LogP contribution is 2.16. The van der Waals surface area contributed by atoms with Gasteiger partial charge in [0.05, 0.1) is 16.6 Å². The van der Waals surface area contributed by atoms with Gasteiger partial charge in [-0.05, 0) is 50.2 Å². The molecule has 0 saturated heterocycles. The molecule has 0 aliphatic rings. The summed E-state index contributed by atoms with van der Waals surface area (Å²) >= 11 is 0. The highest BCUT2D eigenvalue weighted by atomic mass is 16.3. The van der Waals surface area contributed by atoms with Gasteiger partial charge >= 0.3 is 0 Å². The Morgan fingerprint density at radius 3 is 2.45 bits per heavy atom. The van der Waals surface area contributed by atoms with Crippen LogP contribution in [0.4, 0.5) is 0 Å². The molecule has 0 aliphatic carbocycles. The van der Waals surface area contributed by atoms with Crippen molar-refractivity contribution in [1.82, 2.24) is 9.55 Å². The van der Waals surface area contributed by atoms with Crippen molar-refractivity contribution < 1.29 is 5.11 Å². The summed E-state index contributed by atoms with van der Waals surface area (Å²) in [6, 6.07) is 12.2. The summed E-state index contributed by atoms with van der Waals surface area (Å²) < 4.78 is 1.56. The van der Waals surface area contributed by atoms with E-state index in [2.05, 4.69) is 4.98 Å². The van der Waals surface area contributed by atoms with Crippen LogP contribution in [0.15, 0.2) is 47.3 Å². The first-order valence-corrected chi connectivity index (χ1v) is 6.36. The molecule has 0 saturated carbocycles. The van der Waals surface area contributed by atoms with Crippen LogP contribution in [-0.2, 0) is 0 Å². The fourth-order valence-electron chi connectivity index (χ4n) is 2.32. The molecule has 0 amide bonds. The predicted octanol–water partition coefficient (Wildman–Crippen LogP) is 2.71. The van der Waals surface area contributed by atoms with Crippen LogP contribution in [0.1, 0.15) is 11.4 Å². The number of phenols is 1. The Morgan fingerprint density at radius 1 is 1.05 bits per heavy atom. The van der Waals surface area contributed by atoms with Crippen molar-refractivity contribution in [2.24, 2.45) is 0 Å². The minimum atomic E-state index is -0.0955. The Hall–Kier alpha value is -2.62. The van der Waals surface area contributed by atoms with Gasteiger partial charge in [-0.2, -0.15) is 0 Å². The second-order valence-electron chi connectivity index (χ2n) is 4.84. The van der Waals surface area contributed by atoms with Crippen LogP contribution in [0.25, 0.3) is 16.6 Å². The normalized spacial score (nSPS) is 10.9. The summed E-state index contributed by atoms with van der Waals surface area (Å²) in [6.07, 6.45) is 0. The molecule has 0 unspecified atom stereocenters. The maximum absolute atomic E-state index is 12.6. The van der Waals surface area contributed by atoms with E-state index in [1.807, 2.05) is 25.1 Å². The van der Waals surface area contributed by atoms with Gasteiger partial charge in [-0.25, -0.2) is 4.98 Å². The monoisotopic (exact) mass is 266 g/mol. The van der Waals surface area contributed by atoms with E-state index < -0.39 is 0 Å². The molecule has 1 aromatic heterocycles. The van der Waals surface area contributed by atoms with Gasteiger partial charge in [-0.1, -0.05) is 11.6 Å². The van der Waals surface area contributed by atoms with Crippen LogP contribution < -0.4 is 5.56 Å². The number of hydrogen-bond acceptors (Lipinski definition) is 3. The minimum absolute atomic E-state index is 0.0955. The molecular weight excluding hydrogens is 252 g/mol. The van der Waals surface area contributed by atoms with Crippen molar-refractivity contribution >= 4 is 10.9 Å². The Morgan fingerprint density at radius 2 is 1.75 bits per heavy atom. The average Bonchev–Trinajstić information content (AvgIpc) is 2.42. The molecule has 0 fully saturated rings. The van der Waals surface area contributed by atoms with Gasteiger partial charge in [0.25, 0.3) is 5.56 Å². The summed E-state index contributed by atoms with van der Waals surface area (Å²) in [5.41, 5.74) is 2.33. The van der Waals surface area contributed by atoms with Crippen LogP contribution in [0.5, 0.6) is 5.75 Å². The zero-order valence-corrected chi connectivity index (χ0v) is 11.3. The number of hydrogen-bond donors (Lipinski definition) is 1. The Labute approximate surface area is 116 Å². The smallest absolute Gasteiger partial charge is 0.265 e. The van der Waals surface area contributed by atoms with E-state index in [1.165, 1.54) is 0 Å². The number of rotatable bonds is 1. The Balaban J connectivity index is 2.36. The quantitative estimate of drug-likeness (QED) is 0.736. The molecule has 100 valence electrons. The summed E-state index contributed by atoms with van der Waals surface area (Å²) in [7, 11) is 0. The SMILES string of the molecule is Cc1ccc2nc(C)n(-c3ccc(O)cc3)c(=O)c2c1. The molecule has 0 radical (unpaired) electrons. The lowest BCUT2D eigenvalue weighted by Gasteiger charge is -2.11. The van der Waals surface area contributed by atoms with Crippen molar-refractivity contribution in [3.8, 4) is 11.4 Å². The first-order valence-electron chi connectivity index (χ1n) is 6.36. The third kappa shape index (κ3) is 1.95. The van der Waals surface area contributed by atoms with E-state index in [1.54, 1.807) is 35.8 Å². The molecule has 2 aromatic carbocycles. The van der Waals surface area contributed by atoms with Crippen molar-refractivity contribution in [3.63, 3.8) is 0 Å². The minimum Gasteiger partial charge on any atom is -0.508 e. The molecule has 0 spiro atoms. The Kier molecular flexibility index (Phi) is 2.79.